The minimum Gasteiger partial charge on any atom is -0.373 e. The van der Waals surface area contributed by atoms with Crippen molar-refractivity contribution in [3.63, 3.8) is 0 Å². The normalized spacial score (nSPS) is 33.0. The van der Waals surface area contributed by atoms with E-state index < -0.39 is 0 Å². The summed E-state index contributed by atoms with van der Waals surface area (Å²) in [5.74, 6) is 0. The van der Waals surface area contributed by atoms with Gasteiger partial charge in [0.25, 0.3) is 0 Å². The van der Waals surface area contributed by atoms with E-state index >= 15 is 0 Å². The van der Waals surface area contributed by atoms with Gasteiger partial charge in [-0.25, -0.2) is 0 Å². The van der Waals surface area contributed by atoms with E-state index in [2.05, 4.69) is 5.32 Å². The van der Waals surface area contributed by atoms with Crippen molar-refractivity contribution in [1.29, 1.82) is 0 Å². The first-order chi connectivity index (χ1) is 7.83. The Labute approximate surface area is 99.1 Å². The zero-order valence-electron chi connectivity index (χ0n) is 10.4. The molecule has 1 saturated heterocycles. The van der Waals surface area contributed by atoms with Gasteiger partial charge < -0.3 is 10.1 Å². The minimum atomic E-state index is 0.213. The lowest BCUT2D eigenvalue weighted by molar-refractivity contribution is -0.0824. The summed E-state index contributed by atoms with van der Waals surface area (Å²) in [6.07, 6.45) is 12.3. The summed E-state index contributed by atoms with van der Waals surface area (Å²) in [5.41, 5.74) is 0.714. The molecule has 0 unspecified atom stereocenters. The molecule has 92 valence electrons. The molecule has 3 aliphatic rings. The average molecular weight is 223 g/mol. The third-order valence-corrected chi connectivity index (χ3v) is 5.06. The third kappa shape index (κ3) is 2.02. The van der Waals surface area contributed by atoms with Crippen LogP contribution in [0.5, 0.6) is 0 Å². The minimum absolute atomic E-state index is 0.213. The van der Waals surface area contributed by atoms with Crippen LogP contribution in [-0.2, 0) is 4.74 Å². The van der Waals surface area contributed by atoms with Crippen LogP contribution < -0.4 is 5.32 Å². The average Bonchev–Trinajstić information content (AvgIpc) is 2.70. The van der Waals surface area contributed by atoms with E-state index in [9.17, 15) is 0 Å². The molecule has 0 radical (unpaired) electrons. The maximum atomic E-state index is 6.41. The van der Waals surface area contributed by atoms with Crippen LogP contribution in [0.25, 0.3) is 0 Å². The Morgan fingerprint density at radius 1 is 0.750 bits per heavy atom. The van der Waals surface area contributed by atoms with Crippen molar-refractivity contribution in [3.8, 4) is 0 Å². The molecule has 3 rings (SSSR count). The van der Waals surface area contributed by atoms with Crippen molar-refractivity contribution in [2.45, 2.75) is 63.4 Å². The van der Waals surface area contributed by atoms with E-state index in [1.165, 1.54) is 64.3 Å². The highest BCUT2D eigenvalue weighted by molar-refractivity contribution is 4.95. The number of ether oxygens (including phenoxy) is 1. The van der Waals surface area contributed by atoms with Crippen molar-refractivity contribution in [2.75, 3.05) is 19.7 Å². The Bertz CT molecular complexity index is 239. The van der Waals surface area contributed by atoms with Crippen LogP contribution in [0.1, 0.15) is 57.8 Å². The number of nitrogens with one attached hydrogen (secondary N) is 1. The molecule has 2 aliphatic carbocycles. The maximum Gasteiger partial charge on any atom is 0.0806 e. The van der Waals surface area contributed by atoms with Crippen molar-refractivity contribution in [3.05, 3.63) is 0 Å². The molecule has 16 heavy (non-hydrogen) atoms. The lowest BCUT2D eigenvalue weighted by Crippen LogP contribution is -2.42. The van der Waals surface area contributed by atoms with E-state index in [4.69, 9.17) is 4.74 Å². The van der Waals surface area contributed by atoms with Crippen molar-refractivity contribution in [2.24, 2.45) is 5.41 Å². The van der Waals surface area contributed by atoms with Crippen molar-refractivity contribution in [1.82, 2.24) is 5.32 Å². The van der Waals surface area contributed by atoms with Gasteiger partial charge in [0.2, 0.25) is 0 Å². The van der Waals surface area contributed by atoms with E-state index in [1.807, 2.05) is 0 Å². The van der Waals surface area contributed by atoms with E-state index in [0.717, 1.165) is 13.2 Å². The van der Waals surface area contributed by atoms with E-state index in [0.29, 0.717) is 5.41 Å². The van der Waals surface area contributed by atoms with E-state index in [-0.39, 0.29) is 5.60 Å². The summed E-state index contributed by atoms with van der Waals surface area (Å²) in [6, 6.07) is 0. The molecule has 2 nitrogen and oxygen atoms in total. The molecule has 2 spiro atoms. The Morgan fingerprint density at radius 3 is 2.19 bits per heavy atom. The molecule has 0 aromatic rings. The first kappa shape index (κ1) is 11.0. The lowest BCUT2D eigenvalue weighted by Gasteiger charge is -2.37. The van der Waals surface area contributed by atoms with Gasteiger partial charge in [-0.1, -0.05) is 32.1 Å². The Morgan fingerprint density at radius 2 is 1.44 bits per heavy atom. The molecule has 0 atom stereocenters. The Balaban J connectivity index is 1.67. The van der Waals surface area contributed by atoms with Crippen LogP contribution in [0.2, 0.25) is 0 Å². The van der Waals surface area contributed by atoms with Crippen LogP contribution >= 0.6 is 0 Å². The lowest BCUT2D eigenvalue weighted by atomic mass is 9.84. The van der Waals surface area contributed by atoms with Gasteiger partial charge in [0.05, 0.1) is 12.2 Å². The van der Waals surface area contributed by atoms with Gasteiger partial charge in [0.15, 0.2) is 0 Å². The fourth-order valence-corrected chi connectivity index (χ4v) is 3.93. The van der Waals surface area contributed by atoms with Gasteiger partial charge in [0.1, 0.15) is 0 Å². The van der Waals surface area contributed by atoms with Crippen LogP contribution in [0.15, 0.2) is 0 Å². The van der Waals surface area contributed by atoms with Gasteiger partial charge in [-0.3, -0.25) is 0 Å². The summed E-state index contributed by atoms with van der Waals surface area (Å²) in [4.78, 5) is 0. The maximum absolute atomic E-state index is 6.41. The summed E-state index contributed by atoms with van der Waals surface area (Å²) < 4.78 is 6.41. The fraction of sp³-hybridized carbons (Fsp3) is 1.00. The molecule has 0 aromatic heterocycles. The highest BCUT2D eigenvalue weighted by Gasteiger charge is 2.42. The summed E-state index contributed by atoms with van der Waals surface area (Å²) in [5, 5.41) is 3.72. The fourth-order valence-electron chi connectivity index (χ4n) is 3.93. The number of hydrogen-bond acceptors (Lipinski definition) is 2. The monoisotopic (exact) mass is 223 g/mol. The first-order valence-corrected chi connectivity index (χ1v) is 7.17. The summed E-state index contributed by atoms with van der Waals surface area (Å²) >= 11 is 0. The molecular weight excluding hydrogens is 198 g/mol. The Kier molecular flexibility index (Phi) is 2.97. The highest BCUT2D eigenvalue weighted by Crippen LogP contribution is 2.42. The van der Waals surface area contributed by atoms with Gasteiger partial charge in [-0.2, -0.15) is 0 Å². The second-order valence-electron chi connectivity index (χ2n) is 6.34. The molecular formula is C14H25NO. The predicted octanol–water partition coefficient (Wildman–Crippen LogP) is 2.87. The number of hydrogen-bond donors (Lipinski definition) is 1. The molecule has 1 heterocycles. The molecule has 2 saturated carbocycles. The number of rotatable bonds is 0. The predicted molar refractivity (Wildman–Crippen MR) is 65.5 cm³/mol. The molecule has 0 aromatic carbocycles. The molecule has 1 N–H and O–H groups in total. The zero-order chi connectivity index (χ0) is 10.9. The second-order valence-corrected chi connectivity index (χ2v) is 6.34. The standard InChI is InChI=1S/C14H25NO/c1-2-8-14(9-3-1)11-15-10-13(12-16-14)6-4-5-7-13/h15H,1-12H2. The smallest absolute Gasteiger partial charge is 0.0806 e. The van der Waals surface area contributed by atoms with Crippen LogP contribution in [0, 0.1) is 5.41 Å². The van der Waals surface area contributed by atoms with Crippen molar-refractivity contribution < 1.29 is 4.74 Å². The molecule has 3 fully saturated rings. The highest BCUT2D eigenvalue weighted by atomic mass is 16.5. The topological polar surface area (TPSA) is 21.3 Å². The van der Waals surface area contributed by atoms with Gasteiger partial charge >= 0.3 is 0 Å². The molecule has 1 aliphatic heterocycles. The van der Waals surface area contributed by atoms with Crippen LogP contribution in [0.4, 0.5) is 0 Å². The van der Waals surface area contributed by atoms with Crippen molar-refractivity contribution >= 4 is 0 Å². The Hall–Kier alpha value is -0.0800. The third-order valence-electron chi connectivity index (χ3n) is 5.06. The molecule has 0 amide bonds. The first-order valence-electron chi connectivity index (χ1n) is 7.17. The van der Waals surface area contributed by atoms with Crippen LogP contribution in [0.3, 0.4) is 0 Å². The van der Waals surface area contributed by atoms with Gasteiger partial charge in [-0.05, 0) is 25.7 Å². The van der Waals surface area contributed by atoms with E-state index in [1.54, 1.807) is 0 Å². The zero-order valence-corrected chi connectivity index (χ0v) is 10.4. The summed E-state index contributed by atoms with van der Waals surface area (Å²) in [7, 11) is 0. The summed E-state index contributed by atoms with van der Waals surface area (Å²) in [6.45, 7) is 3.34. The molecule has 2 heteroatoms. The second kappa shape index (κ2) is 4.30. The van der Waals surface area contributed by atoms with Crippen LogP contribution in [-0.4, -0.2) is 25.3 Å². The quantitative estimate of drug-likeness (QED) is 0.682. The van der Waals surface area contributed by atoms with Gasteiger partial charge in [0, 0.05) is 18.5 Å². The molecule has 0 bridgehead atoms. The SMILES string of the molecule is C1CCC2(CC1)CNCC1(CCCC1)CO2. The van der Waals surface area contributed by atoms with Gasteiger partial charge in [-0.15, -0.1) is 0 Å². The largest absolute Gasteiger partial charge is 0.373 e.